The second kappa shape index (κ2) is 10.7. The standard InChI is InChI=1S/C27H30N4O4/c1-20(21-18-28-31(19-21)23-12-7-4-8-13-23)29-24(32)16-27(22-10-5-3-6-11-22)17-25(33)30(26(27)34)14-9-15-35-2/h3-8,10-13,18-20H,9,14-17H2,1-2H3,(H,29,32)/t20-,27-/m0/s1. The number of amides is 3. The number of methoxy groups -OCH3 is 1. The number of aromatic nitrogens is 2. The Hall–Kier alpha value is -3.78. The lowest BCUT2D eigenvalue weighted by molar-refractivity contribution is -0.141. The number of imide groups is 1. The third kappa shape index (κ3) is 5.17. The van der Waals surface area contributed by atoms with E-state index in [0.717, 1.165) is 11.3 Å². The van der Waals surface area contributed by atoms with Gasteiger partial charge in [0.2, 0.25) is 17.7 Å². The van der Waals surface area contributed by atoms with Crippen LogP contribution in [-0.2, 0) is 24.5 Å². The van der Waals surface area contributed by atoms with Gasteiger partial charge in [0.15, 0.2) is 0 Å². The minimum atomic E-state index is -1.22. The van der Waals surface area contributed by atoms with Crippen molar-refractivity contribution in [1.29, 1.82) is 0 Å². The van der Waals surface area contributed by atoms with Crippen LogP contribution >= 0.6 is 0 Å². The van der Waals surface area contributed by atoms with Crippen LogP contribution in [0, 0.1) is 0 Å². The molecule has 35 heavy (non-hydrogen) atoms. The zero-order valence-corrected chi connectivity index (χ0v) is 20.0. The third-order valence-corrected chi connectivity index (χ3v) is 6.43. The monoisotopic (exact) mass is 474 g/mol. The average molecular weight is 475 g/mol. The number of ether oxygens (including phenoxy) is 1. The van der Waals surface area contributed by atoms with Crippen molar-refractivity contribution in [3.8, 4) is 5.69 Å². The van der Waals surface area contributed by atoms with Gasteiger partial charge in [0.1, 0.15) is 0 Å². The molecular weight excluding hydrogens is 444 g/mol. The van der Waals surface area contributed by atoms with Crippen LogP contribution in [0.25, 0.3) is 5.69 Å². The molecule has 0 saturated carbocycles. The highest BCUT2D eigenvalue weighted by Gasteiger charge is 2.53. The molecule has 182 valence electrons. The molecule has 1 saturated heterocycles. The van der Waals surface area contributed by atoms with Crippen LogP contribution in [0.1, 0.15) is 43.4 Å². The van der Waals surface area contributed by atoms with Crippen LogP contribution in [0.3, 0.4) is 0 Å². The molecule has 1 aliphatic heterocycles. The van der Waals surface area contributed by atoms with Crippen molar-refractivity contribution in [3.63, 3.8) is 0 Å². The van der Waals surface area contributed by atoms with Gasteiger partial charge in [-0.3, -0.25) is 19.3 Å². The van der Waals surface area contributed by atoms with E-state index < -0.39 is 5.41 Å². The van der Waals surface area contributed by atoms with E-state index in [0.29, 0.717) is 18.6 Å². The summed E-state index contributed by atoms with van der Waals surface area (Å²) >= 11 is 0. The van der Waals surface area contributed by atoms with Gasteiger partial charge in [0.25, 0.3) is 0 Å². The van der Waals surface area contributed by atoms with E-state index >= 15 is 0 Å². The van der Waals surface area contributed by atoms with Crippen molar-refractivity contribution in [2.24, 2.45) is 0 Å². The summed E-state index contributed by atoms with van der Waals surface area (Å²) in [5.41, 5.74) is 1.21. The maximum Gasteiger partial charge on any atom is 0.240 e. The van der Waals surface area contributed by atoms with E-state index in [4.69, 9.17) is 4.74 Å². The van der Waals surface area contributed by atoms with E-state index in [9.17, 15) is 14.4 Å². The number of nitrogens with one attached hydrogen (secondary N) is 1. The van der Waals surface area contributed by atoms with Gasteiger partial charge in [-0.25, -0.2) is 4.68 Å². The number of nitrogens with zero attached hydrogens (tertiary/aromatic N) is 3. The highest BCUT2D eigenvalue weighted by atomic mass is 16.5. The second-order valence-corrected chi connectivity index (χ2v) is 8.84. The summed E-state index contributed by atoms with van der Waals surface area (Å²) in [6, 6.07) is 18.5. The molecule has 0 unspecified atom stereocenters. The smallest absolute Gasteiger partial charge is 0.240 e. The first-order valence-electron chi connectivity index (χ1n) is 11.7. The van der Waals surface area contributed by atoms with E-state index in [2.05, 4.69) is 10.4 Å². The molecule has 4 rings (SSSR count). The summed E-state index contributed by atoms with van der Waals surface area (Å²) in [4.78, 5) is 40.9. The molecule has 0 radical (unpaired) electrons. The zero-order chi connectivity index (χ0) is 24.8. The van der Waals surface area contributed by atoms with Gasteiger partial charge in [-0.15, -0.1) is 0 Å². The third-order valence-electron chi connectivity index (χ3n) is 6.43. The summed E-state index contributed by atoms with van der Waals surface area (Å²) in [5, 5.41) is 7.39. The fraction of sp³-hybridized carbons (Fsp3) is 0.333. The van der Waals surface area contributed by atoms with Gasteiger partial charge in [0.05, 0.1) is 23.3 Å². The van der Waals surface area contributed by atoms with Gasteiger partial charge in [0, 0.05) is 44.9 Å². The minimum Gasteiger partial charge on any atom is -0.385 e. The first kappa shape index (κ1) is 24.3. The number of carbonyl (C=O) groups is 3. The summed E-state index contributed by atoms with van der Waals surface area (Å²) in [6.07, 6.45) is 3.99. The van der Waals surface area contributed by atoms with Crippen LogP contribution < -0.4 is 5.32 Å². The number of para-hydroxylation sites is 1. The van der Waals surface area contributed by atoms with Crippen molar-refractivity contribution in [2.45, 2.75) is 37.6 Å². The normalized spacial score (nSPS) is 18.6. The predicted molar refractivity (Wildman–Crippen MR) is 131 cm³/mol. The SMILES string of the molecule is COCCCN1C(=O)C[C@@](CC(=O)N[C@@H](C)c2cnn(-c3ccccc3)c2)(c2ccccc2)C1=O. The summed E-state index contributed by atoms with van der Waals surface area (Å²) in [7, 11) is 1.58. The lowest BCUT2D eigenvalue weighted by atomic mass is 9.75. The molecule has 3 amide bonds. The number of likely N-dealkylation sites (tertiary alicyclic amines) is 1. The Bertz CT molecular complexity index is 1180. The molecule has 8 heteroatoms. The second-order valence-electron chi connectivity index (χ2n) is 8.84. The first-order chi connectivity index (χ1) is 16.9. The first-order valence-corrected chi connectivity index (χ1v) is 11.7. The molecule has 2 atom stereocenters. The van der Waals surface area contributed by atoms with Crippen molar-refractivity contribution in [3.05, 3.63) is 84.2 Å². The van der Waals surface area contributed by atoms with Gasteiger partial charge in [-0.05, 0) is 31.0 Å². The molecule has 0 spiro atoms. The number of rotatable bonds is 10. The van der Waals surface area contributed by atoms with E-state index in [1.807, 2.05) is 73.8 Å². The minimum absolute atomic E-state index is 0.0312. The Balaban J connectivity index is 1.51. The Kier molecular flexibility index (Phi) is 7.41. The number of hydrogen-bond donors (Lipinski definition) is 1. The molecule has 3 aromatic rings. The lowest BCUT2D eigenvalue weighted by Crippen LogP contribution is -2.43. The molecule has 0 aliphatic carbocycles. The highest BCUT2D eigenvalue weighted by molar-refractivity contribution is 6.10. The number of hydrogen-bond acceptors (Lipinski definition) is 5. The van der Waals surface area contributed by atoms with Gasteiger partial charge in [-0.1, -0.05) is 48.5 Å². The molecular formula is C27H30N4O4. The van der Waals surface area contributed by atoms with Crippen LogP contribution in [0.15, 0.2) is 73.1 Å². The summed E-state index contributed by atoms with van der Waals surface area (Å²) in [6.45, 7) is 2.60. The van der Waals surface area contributed by atoms with E-state index in [1.54, 1.807) is 18.0 Å². The highest BCUT2D eigenvalue weighted by Crippen LogP contribution is 2.40. The number of carbonyl (C=O) groups excluding carboxylic acids is 3. The summed E-state index contributed by atoms with van der Waals surface area (Å²) < 4.78 is 6.82. The van der Waals surface area contributed by atoms with Gasteiger partial charge in [-0.2, -0.15) is 5.10 Å². The van der Waals surface area contributed by atoms with Gasteiger partial charge >= 0.3 is 0 Å². The largest absolute Gasteiger partial charge is 0.385 e. The van der Waals surface area contributed by atoms with Gasteiger partial charge < -0.3 is 10.1 Å². The van der Waals surface area contributed by atoms with Crippen molar-refractivity contribution >= 4 is 17.7 Å². The topological polar surface area (TPSA) is 93.5 Å². The molecule has 8 nitrogen and oxygen atoms in total. The molecule has 1 aliphatic rings. The van der Waals surface area contributed by atoms with Crippen LogP contribution in [0.4, 0.5) is 0 Å². The van der Waals surface area contributed by atoms with Crippen molar-refractivity contribution in [1.82, 2.24) is 20.0 Å². The van der Waals surface area contributed by atoms with E-state index in [-0.39, 0.29) is 43.1 Å². The Labute approximate surface area is 204 Å². The quantitative estimate of drug-likeness (QED) is 0.360. The average Bonchev–Trinajstić information content (AvgIpc) is 3.45. The van der Waals surface area contributed by atoms with Crippen LogP contribution in [0.5, 0.6) is 0 Å². The number of benzene rings is 2. The lowest BCUT2D eigenvalue weighted by Gasteiger charge is -2.27. The summed E-state index contributed by atoms with van der Waals surface area (Å²) in [5.74, 6) is -0.891. The Morgan fingerprint density at radius 3 is 2.49 bits per heavy atom. The predicted octanol–water partition coefficient (Wildman–Crippen LogP) is 3.17. The van der Waals surface area contributed by atoms with Crippen LogP contribution in [-0.4, -0.2) is 52.7 Å². The Morgan fingerprint density at radius 2 is 1.80 bits per heavy atom. The van der Waals surface area contributed by atoms with Crippen molar-refractivity contribution < 1.29 is 19.1 Å². The maximum absolute atomic E-state index is 13.6. The molecule has 2 aromatic carbocycles. The molecule has 0 bridgehead atoms. The molecule has 1 N–H and O–H groups in total. The molecule has 1 aromatic heterocycles. The molecule has 2 heterocycles. The fourth-order valence-electron chi connectivity index (χ4n) is 4.55. The van der Waals surface area contributed by atoms with E-state index in [1.165, 1.54) is 4.90 Å². The maximum atomic E-state index is 13.6. The van der Waals surface area contributed by atoms with Crippen LogP contribution in [0.2, 0.25) is 0 Å². The zero-order valence-electron chi connectivity index (χ0n) is 20.0. The van der Waals surface area contributed by atoms with Crippen molar-refractivity contribution in [2.75, 3.05) is 20.3 Å². The Morgan fingerprint density at radius 1 is 1.11 bits per heavy atom. The molecule has 1 fully saturated rings. The fourth-order valence-corrected chi connectivity index (χ4v) is 4.55.